The number of hydrogen-bond acceptors (Lipinski definition) is 4. The van der Waals surface area contributed by atoms with E-state index in [1.807, 2.05) is 0 Å². The molecule has 0 aliphatic rings. The van der Waals surface area contributed by atoms with E-state index < -0.39 is 10.0 Å². The zero-order valence-corrected chi connectivity index (χ0v) is 12.6. The summed E-state index contributed by atoms with van der Waals surface area (Å²) in [6.45, 7) is 0.178. The first kappa shape index (κ1) is 14.0. The minimum atomic E-state index is -3.62. The van der Waals surface area contributed by atoms with Gasteiger partial charge in [0.15, 0.2) is 0 Å². The van der Waals surface area contributed by atoms with Crippen LogP contribution in [0.2, 0.25) is 0 Å². The van der Waals surface area contributed by atoms with E-state index in [9.17, 15) is 8.42 Å². The molecule has 6 nitrogen and oxygen atoms in total. The Hall–Kier alpha value is -1.38. The van der Waals surface area contributed by atoms with E-state index >= 15 is 0 Å². The molecule has 1 aromatic heterocycles. The number of aromatic nitrogens is 2. The highest BCUT2D eigenvalue weighted by Gasteiger charge is 2.17. The first-order chi connectivity index (χ1) is 8.88. The third-order valence-corrected chi connectivity index (χ3v) is 4.86. The summed E-state index contributed by atoms with van der Waals surface area (Å²) in [7, 11) is -1.85. The maximum absolute atomic E-state index is 12.2. The number of rotatable bonds is 4. The predicted octanol–water partition coefficient (Wildman–Crippen LogP) is 1.24. The number of benzene rings is 1. The summed E-state index contributed by atoms with van der Waals surface area (Å²) in [5, 5.41) is 3.97. The molecule has 0 saturated carbocycles. The van der Waals surface area contributed by atoms with Gasteiger partial charge in [0.05, 0.1) is 11.1 Å². The number of nitrogens with zero attached hydrogens (tertiary/aromatic N) is 2. The maximum atomic E-state index is 12.2. The fourth-order valence-corrected chi connectivity index (χ4v) is 3.56. The van der Waals surface area contributed by atoms with Crippen LogP contribution in [0.5, 0.6) is 0 Å². The molecule has 0 unspecified atom stereocenters. The van der Waals surface area contributed by atoms with Crippen LogP contribution in [0.15, 0.2) is 40.0 Å². The molecule has 0 amide bonds. The first-order valence-electron chi connectivity index (χ1n) is 5.41. The SMILES string of the molecule is Cn1cc(CNS(=O)(=O)c2cc(N)ccc2Br)cn1. The molecule has 0 atom stereocenters. The van der Waals surface area contributed by atoms with Crippen molar-refractivity contribution in [3.8, 4) is 0 Å². The van der Waals surface area contributed by atoms with E-state index in [0.29, 0.717) is 10.2 Å². The number of sulfonamides is 1. The van der Waals surface area contributed by atoms with Crippen molar-refractivity contribution in [1.82, 2.24) is 14.5 Å². The van der Waals surface area contributed by atoms with Crippen LogP contribution in [0.4, 0.5) is 5.69 Å². The molecule has 0 saturated heterocycles. The van der Waals surface area contributed by atoms with Crippen molar-refractivity contribution in [2.24, 2.45) is 7.05 Å². The second kappa shape index (κ2) is 5.32. The van der Waals surface area contributed by atoms with Crippen LogP contribution in [0.25, 0.3) is 0 Å². The number of nitrogens with one attached hydrogen (secondary N) is 1. The third kappa shape index (κ3) is 3.34. The lowest BCUT2D eigenvalue weighted by Gasteiger charge is -2.08. The molecule has 1 heterocycles. The van der Waals surface area contributed by atoms with Crippen molar-refractivity contribution >= 4 is 31.6 Å². The van der Waals surface area contributed by atoms with Crippen LogP contribution in [-0.2, 0) is 23.6 Å². The highest BCUT2D eigenvalue weighted by atomic mass is 79.9. The molecule has 0 spiro atoms. The quantitative estimate of drug-likeness (QED) is 0.816. The van der Waals surface area contributed by atoms with Crippen LogP contribution in [0.3, 0.4) is 0 Å². The van der Waals surface area contributed by atoms with Crippen LogP contribution in [-0.4, -0.2) is 18.2 Å². The highest BCUT2D eigenvalue weighted by Crippen LogP contribution is 2.24. The second-order valence-electron chi connectivity index (χ2n) is 4.04. The van der Waals surface area contributed by atoms with Crippen LogP contribution in [0.1, 0.15) is 5.56 Å². The van der Waals surface area contributed by atoms with Gasteiger partial charge in [0, 0.05) is 35.5 Å². The van der Waals surface area contributed by atoms with Crippen LogP contribution < -0.4 is 10.5 Å². The molecule has 102 valence electrons. The van der Waals surface area contributed by atoms with Crippen molar-refractivity contribution < 1.29 is 8.42 Å². The Balaban J connectivity index is 2.20. The normalized spacial score (nSPS) is 11.7. The van der Waals surface area contributed by atoms with E-state index in [1.54, 1.807) is 36.3 Å². The summed E-state index contributed by atoms with van der Waals surface area (Å²) in [5.41, 5.74) is 6.79. The van der Waals surface area contributed by atoms with Gasteiger partial charge in [0.1, 0.15) is 0 Å². The van der Waals surface area contributed by atoms with E-state index in [1.165, 1.54) is 6.07 Å². The van der Waals surface area contributed by atoms with Crippen molar-refractivity contribution in [3.63, 3.8) is 0 Å². The molecule has 19 heavy (non-hydrogen) atoms. The summed E-state index contributed by atoms with van der Waals surface area (Å²) in [5.74, 6) is 0. The van der Waals surface area contributed by atoms with E-state index in [0.717, 1.165) is 5.56 Å². The zero-order chi connectivity index (χ0) is 14.0. The Bertz CT molecular complexity index is 696. The average molecular weight is 345 g/mol. The Labute approximate surface area is 119 Å². The molecule has 2 aromatic rings. The lowest BCUT2D eigenvalue weighted by molar-refractivity contribution is 0.581. The molecule has 8 heteroatoms. The molecular formula is C11H13BrN4O2S. The van der Waals surface area contributed by atoms with Gasteiger partial charge >= 0.3 is 0 Å². The monoisotopic (exact) mass is 344 g/mol. The number of anilines is 1. The minimum Gasteiger partial charge on any atom is -0.399 e. The summed E-state index contributed by atoms with van der Waals surface area (Å²) in [6.07, 6.45) is 3.35. The van der Waals surface area contributed by atoms with Gasteiger partial charge in [-0.1, -0.05) is 0 Å². The average Bonchev–Trinajstić information content (AvgIpc) is 2.76. The van der Waals surface area contributed by atoms with Crippen molar-refractivity contribution in [3.05, 3.63) is 40.6 Å². The van der Waals surface area contributed by atoms with Gasteiger partial charge in [-0.3, -0.25) is 4.68 Å². The highest BCUT2D eigenvalue weighted by molar-refractivity contribution is 9.10. The Morgan fingerprint density at radius 2 is 2.21 bits per heavy atom. The fourth-order valence-electron chi connectivity index (χ4n) is 1.55. The van der Waals surface area contributed by atoms with Crippen molar-refractivity contribution in [1.29, 1.82) is 0 Å². The minimum absolute atomic E-state index is 0.122. The zero-order valence-electron chi connectivity index (χ0n) is 10.2. The number of nitrogen functional groups attached to an aromatic ring is 1. The molecular weight excluding hydrogens is 332 g/mol. The number of aryl methyl sites for hydroxylation is 1. The van der Waals surface area contributed by atoms with Gasteiger partial charge in [-0.05, 0) is 34.1 Å². The lowest BCUT2D eigenvalue weighted by atomic mass is 10.3. The van der Waals surface area contributed by atoms with Gasteiger partial charge in [0.2, 0.25) is 10.0 Å². The number of nitrogens with two attached hydrogens (primary N) is 1. The van der Waals surface area contributed by atoms with E-state index in [-0.39, 0.29) is 11.4 Å². The van der Waals surface area contributed by atoms with Gasteiger partial charge in [-0.15, -0.1) is 0 Å². The van der Waals surface area contributed by atoms with Crippen molar-refractivity contribution in [2.45, 2.75) is 11.4 Å². The number of halogens is 1. The van der Waals surface area contributed by atoms with Crippen LogP contribution >= 0.6 is 15.9 Å². The summed E-state index contributed by atoms with van der Waals surface area (Å²) in [4.78, 5) is 0.122. The third-order valence-electron chi connectivity index (χ3n) is 2.47. The molecule has 1 aromatic carbocycles. The molecule has 0 bridgehead atoms. The summed E-state index contributed by atoms with van der Waals surface area (Å²) >= 11 is 3.21. The van der Waals surface area contributed by atoms with Gasteiger partial charge in [-0.25, -0.2) is 13.1 Å². The summed E-state index contributed by atoms with van der Waals surface area (Å²) < 4.78 is 28.9. The maximum Gasteiger partial charge on any atom is 0.242 e. The van der Waals surface area contributed by atoms with Gasteiger partial charge < -0.3 is 5.73 Å². The topological polar surface area (TPSA) is 90.0 Å². The fraction of sp³-hybridized carbons (Fsp3) is 0.182. The molecule has 0 radical (unpaired) electrons. The molecule has 0 aliphatic heterocycles. The Morgan fingerprint density at radius 3 is 2.84 bits per heavy atom. The molecule has 0 aliphatic carbocycles. The van der Waals surface area contributed by atoms with E-state index in [4.69, 9.17) is 5.73 Å². The first-order valence-corrected chi connectivity index (χ1v) is 7.68. The molecule has 3 N–H and O–H groups in total. The Kier molecular flexibility index (Phi) is 3.93. The predicted molar refractivity (Wildman–Crippen MR) is 75.8 cm³/mol. The standard InChI is InChI=1S/C11H13BrN4O2S/c1-16-7-8(5-14-16)6-15-19(17,18)11-4-9(13)2-3-10(11)12/h2-5,7,15H,6,13H2,1H3. The smallest absolute Gasteiger partial charge is 0.242 e. The lowest BCUT2D eigenvalue weighted by Crippen LogP contribution is -2.23. The van der Waals surface area contributed by atoms with Crippen LogP contribution in [0, 0.1) is 0 Å². The number of hydrogen-bond donors (Lipinski definition) is 2. The van der Waals surface area contributed by atoms with E-state index in [2.05, 4.69) is 25.8 Å². The Morgan fingerprint density at radius 1 is 1.47 bits per heavy atom. The van der Waals surface area contributed by atoms with Crippen molar-refractivity contribution in [2.75, 3.05) is 5.73 Å². The molecule has 0 fully saturated rings. The second-order valence-corrected chi connectivity index (χ2v) is 6.63. The molecule has 2 rings (SSSR count). The summed E-state index contributed by atoms with van der Waals surface area (Å²) in [6, 6.07) is 4.65. The van der Waals surface area contributed by atoms with Gasteiger partial charge in [-0.2, -0.15) is 5.10 Å². The van der Waals surface area contributed by atoms with Gasteiger partial charge in [0.25, 0.3) is 0 Å². The largest absolute Gasteiger partial charge is 0.399 e.